The van der Waals surface area contributed by atoms with Gasteiger partial charge in [-0.2, -0.15) is 0 Å². The van der Waals surface area contributed by atoms with Crippen LogP contribution in [0, 0.1) is 5.92 Å². The van der Waals surface area contributed by atoms with E-state index in [0.29, 0.717) is 12.5 Å². The summed E-state index contributed by atoms with van der Waals surface area (Å²) in [6.07, 6.45) is 0. The molecule has 1 atom stereocenters. The van der Waals surface area contributed by atoms with E-state index in [1.165, 1.54) is 6.92 Å². The Hall–Kier alpha value is -2.04. The van der Waals surface area contributed by atoms with Crippen LogP contribution in [0.15, 0.2) is 24.3 Å². The number of amides is 1. The molecular formula is C17H25NO4. The second kappa shape index (κ2) is 7.29. The maximum atomic E-state index is 12.3. The minimum atomic E-state index is -1.05. The number of benzene rings is 1. The smallest absolute Gasteiger partial charge is 0.325 e. The molecule has 0 spiro atoms. The molecule has 1 rings (SSSR count). The fourth-order valence-electron chi connectivity index (χ4n) is 1.80. The van der Waals surface area contributed by atoms with Crippen LogP contribution in [-0.2, 0) is 15.0 Å². The van der Waals surface area contributed by atoms with Crippen molar-refractivity contribution in [2.45, 2.75) is 46.1 Å². The molecule has 0 saturated carbocycles. The van der Waals surface area contributed by atoms with Crippen LogP contribution in [0.1, 0.15) is 40.2 Å². The third-order valence-electron chi connectivity index (χ3n) is 3.45. The highest BCUT2D eigenvalue weighted by molar-refractivity contribution is 5.90. The van der Waals surface area contributed by atoms with Crippen LogP contribution < -0.4 is 10.1 Å². The molecule has 0 aromatic heterocycles. The van der Waals surface area contributed by atoms with Crippen LogP contribution in [0.5, 0.6) is 5.75 Å². The zero-order valence-electron chi connectivity index (χ0n) is 13.8. The molecule has 1 aromatic rings. The molecule has 22 heavy (non-hydrogen) atoms. The average Bonchev–Trinajstić information content (AvgIpc) is 2.45. The van der Waals surface area contributed by atoms with Crippen LogP contribution >= 0.6 is 0 Å². The summed E-state index contributed by atoms with van der Waals surface area (Å²) >= 11 is 0. The average molecular weight is 307 g/mol. The number of carboxylic acids is 1. The Morgan fingerprint density at radius 2 is 1.73 bits per heavy atom. The van der Waals surface area contributed by atoms with Gasteiger partial charge in [-0.15, -0.1) is 0 Å². The largest absolute Gasteiger partial charge is 0.493 e. The summed E-state index contributed by atoms with van der Waals surface area (Å²) in [6, 6.07) is 6.41. The summed E-state index contributed by atoms with van der Waals surface area (Å²) < 4.78 is 5.61. The second-order valence-electron chi connectivity index (χ2n) is 6.39. The van der Waals surface area contributed by atoms with Crippen LogP contribution in [0.2, 0.25) is 0 Å². The lowest BCUT2D eigenvalue weighted by molar-refractivity contribution is -0.142. The Labute approximate surface area is 131 Å². The van der Waals surface area contributed by atoms with Crippen molar-refractivity contribution in [3.63, 3.8) is 0 Å². The van der Waals surface area contributed by atoms with Gasteiger partial charge in [0.25, 0.3) is 0 Å². The third kappa shape index (κ3) is 4.76. The highest BCUT2D eigenvalue weighted by Crippen LogP contribution is 2.26. The summed E-state index contributed by atoms with van der Waals surface area (Å²) in [6.45, 7) is 9.76. The molecule has 1 unspecified atom stereocenters. The van der Waals surface area contributed by atoms with E-state index in [4.69, 9.17) is 9.84 Å². The monoisotopic (exact) mass is 307 g/mol. The van der Waals surface area contributed by atoms with Gasteiger partial charge in [-0.1, -0.05) is 26.0 Å². The SMILES string of the molecule is CC(C)COc1ccc(C(C)(C)C(=O)NC(C)C(=O)O)cc1. The molecule has 0 heterocycles. The summed E-state index contributed by atoms with van der Waals surface area (Å²) in [5.41, 5.74) is -0.0141. The van der Waals surface area contributed by atoms with Gasteiger partial charge in [0.15, 0.2) is 0 Å². The molecule has 1 amide bonds. The number of nitrogens with one attached hydrogen (secondary N) is 1. The maximum Gasteiger partial charge on any atom is 0.325 e. The van der Waals surface area contributed by atoms with E-state index in [1.54, 1.807) is 13.8 Å². The Morgan fingerprint density at radius 1 is 1.18 bits per heavy atom. The number of hydrogen-bond donors (Lipinski definition) is 2. The van der Waals surface area contributed by atoms with Crippen molar-refractivity contribution in [1.29, 1.82) is 0 Å². The van der Waals surface area contributed by atoms with Gasteiger partial charge in [-0.05, 0) is 44.4 Å². The minimum absolute atomic E-state index is 0.321. The molecule has 0 bridgehead atoms. The predicted octanol–water partition coefficient (Wildman–Crippen LogP) is 2.59. The minimum Gasteiger partial charge on any atom is -0.493 e. The molecule has 2 N–H and O–H groups in total. The molecule has 5 nitrogen and oxygen atoms in total. The van der Waals surface area contributed by atoms with Gasteiger partial charge >= 0.3 is 5.97 Å². The van der Waals surface area contributed by atoms with Gasteiger partial charge < -0.3 is 15.2 Å². The normalized spacial score (nSPS) is 12.8. The topological polar surface area (TPSA) is 75.6 Å². The second-order valence-corrected chi connectivity index (χ2v) is 6.39. The first-order valence-corrected chi connectivity index (χ1v) is 7.41. The number of carbonyl (C=O) groups is 2. The Bertz CT molecular complexity index is 520. The maximum absolute atomic E-state index is 12.3. The van der Waals surface area contributed by atoms with Crippen LogP contribution in [0.3, 0.4) is 0 Å². The molecule has 0 radical (unpaired) electrons. The summed E-state index contributed by atoms with van der Waals surface area (Å²) in [5.74, 6) is -0.174. The van der Waals surface area contributed by atoms with Crippen molar-refractivity contribution in [2.75, 3.05) is 6.61 Å². The van der Waals surface area contributed by atoms with Crippen LogP contribution in [0.4, 0.5) is 0 Å². The number of rotatable bonds is 7. The van der Waals surface area contributed by atoms with E-state index < -0.39 is 17.4 Å². The number of hydrogen-bond acceptors (Lipinski definition) is 3. The first-order valence-electron chi connectivity index (χ1n) is 7.41. The van der Waals surface area contributed by atoms with Gasteiger partial charge in [0.1, 0.15) is 11.8 Å². The zero-order valence-corrected chi connectivity index (χ0v) is 13.8. The molecule has 0 aliphatic heterocycles. The van der Waals surface area contributed by atoms with Gasteiger partial charge in [0.2, 0.25) is 5.91 Å². The van der Waals surface area contributed by atoms with Crippen molar-refractivity contribution in [3.05, 3.63) is 29.8 Å². The molecule has 0 saturated heterocycles. The van der Waals surface area contributed by atoms with Crippen molar-refractivity contribution >= 4 is 11.9 Å². The molecule has 5 heteroatoms. The van der Waals surface area contributed by atoms with Crippen molar-refractivity contribution in [3.8, 4) is 5.75 Å². The highest BCUT2D eigenvalue weighted by Gasteiger charge is 2.31. The van der Waals surface area contributed by atoms with Crippen molar-refractivity contribution in [2.24, 2.45) is 5.92 Å². The van der Waals surface area contributed by atoms with Crippen molar-refractivity contribution < 1.29 is 19.4 Å². The number of carbonyl (C=O) groups excluding carboxylic acids is 1. The number of ether oxygens (including phenoxy) is 1. The first-order chi connectivity index (χ1) is 10.1. The lowest BCUT2D eigenvalue weighted by Crippen LogP contribution is -2.46. The fourth-order valence-corrected chi connectivity index (χ4v) is 1.80. The van der Waals surface area contributed by atoms with E-state index >= 15 is 0 Å². The van der Waals surface area contributed by atoms with Gasteiger partial charge in [-0.25, -0.2) is 0 Å². The molecule has 1 aromatic carbocycles. The lowest BCUT2D eigenvalue weighted by Gasteiger charge is -2.25. The third-order valence-corrected chi connectivity index (χ3v) is 3.45. The van der Waals surface area contributed by atoms with E-state index in [0.717, 1.165) is 11.3 Å². The Morgan fingerprint density at radius 3 is 2.18 bits per heavy atom. The zero-order chi connectivity index (χ0) is 16.9. The van der Waals surface area contributed by atoms with E-state index in [9.17, 15) is 9.59 Å². The fraction of sp³-hybridized carbons (Fsp3) is 0.529. The van der Waals surface area contributed by atoms with E-state index in [1.807, 2.05) is 24.3 Å². The van der Waals surface area contributed by atoms with Gasteiger partial charge in [0, 0.05) is 0 Å². The highest BCUT2D eigenvalue weighted by atomic mass is 16.5. The van der Waals surface area contributed by atoms with E-state index in [-0.39, 0.29) is 5.91 Å². The molecular weight excluding hydrogens is 282 g/mol. The van der Waals surface area contributed by atoms with E-state index in [2.05, 4.69) is 19.2 Å². The number of carboxylic acid groups (broad SMARTS) is 1. The molecule has 0 aliphatic carbocycles. The van der Waals surface area contributed by atoms with Crippen molar-refractivity contribution in [1.82, 2.24) is 5.32 Å². The standard InChI is InChI=1S/C17H25NO4/c1-11(2)10-22-14-8-6-13(7-9-14)17(4,5)16(21)18-12(3)15(19)20/h6-9,11-12H,10H2,1-5H3,(H,18,21)(H,19,20). The quantitative estimate of drug-likeness (QED) is 0.812. The molecule has 122 valence electrons. The summed E-state index contributed by atoms with van der Waals surface area (Å²) in [4.78, 5) is 23.1. The summed E-state index contributed by atoms with van der Waals surface area (Å²) in [7, 11) is 0. The number of aliphatic carboxylic acids is 1. The Kier molecular flexibility index (Phi) is 5.97. The first kappa shape index (κ1) is 18.0. The predicted molar refractivity (Wildman–Crippen MR) is 85.0 cm³/mol. The van der Waals surface area contributed by atoms with Gasteiger partial charge in [-0.3, -0.25) is 9.59 Å². The summed E-state index contributed by atoms with van der Waals surface area (Å²) in [5, 5.41) is 11.4. The molecule has 0 aliphatic rings. The molecule has 0 fully saturated rings. The van der Waals surface area contributed by atoms with Crippen LogP contribution in [0.25, 0.3) is 0 Å². The van der Waals surface area contributed by atoms with Gasteiger partial charge in [0.05, 0.1) is 12.0 Å². The Balaban J connectivity index is 2.80. The van der Waals surface area contributed by atoms with Crippen LogP contribution in [-0.4, -0.2) is 29.6 Å². The lowest BCUT2D eigenvalue weighted by atomic mass is 9.83.